The number of rotatable bonds is 1. The van der Waals surface area contributed by atoms with E-state index in [2.05, 4.69) is 32.0 Å². The van der Waals surface area contributed by atoms with Crippen molar-refractivity contribution in [1.82, 2.24) is 10.4 Å². The number of terminal acetylenes is 1. The smallest absolute Gasteiger partial charge is 0.0966 e. The maximum Gasteiger partial charge on any atom is 0.0966 e. The van der Waals surface area contributed by atoms with Gasteiger partial charge in [-0.15, -0.1) is 6.42 Å². The maximum absolute atomic E-state index is 9.29. The molecular formula is C10H18N2O. The highest BCUT2D eigenvalue weighted by atomic mass is 16.5. The molecule has 0 aliphatic carbocycles. The fourth-order valence-electron chi connectivity index (χ4n) is 1.76. The van der Waals surface area contributed by atoms with Crippen molar-refractivity contribution in [3.63, 3.8) is 0 Å². The van der Waals surface area contributed by atoms with Crippen LogP contribution in [0.5, 0.6) is 0 Å². The van der Waals surface area contributed by atoms with Gasteiger partial charge in [0.1, 0.15) is 0 Å². The molecule has 0 amide bonds. The van der Waals surface area contributed by atoms with Crippen LogP contribution in [-0.2, 0) is 0 Å². The molecule has 3 heteroatoms. The van der Waals surface area contributed by atoms with Gasteiger partial charge in [-0.25, -0.2) is 0 Å². The predicted molar refractivity (Wildman–Crippen MR) is 52.4 cm³/mol. The molecule has 0 bridgehead atoms. The second-order valence-corrected chi connectivity index (χ2v) is 4.74. The molecule has 0 radical (unpaired) electrons. The zero-order valence-corrected chi connectivity index (χ0v) is 8.59. The van der Waals surface area contributed by atoms with Crippen molar-refractivity contribution in [2.24, 2.45) is 0 Å². The van der Waals surface area contributed by atoms with Gasteiger partial charge in [0, 0.05) is 12.1 Å². The molecule has 1 aliphatic rings. The molecule has 1 rings (SSSR count). The first-order chi connectivity index (χ1) is 5.87. The third-order valence-electron chi connectivity index (χ3n) is 2.14. The summed E-state index contributed by atoms with van der Waals surface area (Å²) in [6, 6.07) is 0. The quantitative estimate of drug-likeness (QED) is 0.590. The van der Waals surface area contributed by atoms with Crippen LogP contribution in [0.4, 0.5) is 0 Å². The average molecular weight is 182 g/mol. The highest BCUT2D eigenvalue weighted by molar-refractivity contribution is 5.18. The Morgan fingerprint density at radius 1 is 1.54 bits per heavy atom. The number of nitrogens with one attached hydrogen (secondary N) is 1. The van der Waals surface area contributed by atoms with Crippen molar-refractivity contribution in [1.29, 1.82) is 0 Å². The average Bonchev–Trinajstić information content (AvgIpc) is 2.29. The first-order valence-electron chi connectivity index (χ1n) is 4.58. The molecule has 1 heterocycles. The fourth-order valence-corrected chi connectivity index (χ4v) is 1.76. The van der Waals surface area contributed by atoms with Gasteiger partial charge in [0.25, 0.3) is 0 Å². The summed E-state index contributed by atoms with van der Waals surface area (Å²) in [7, 11) is 0. The molecule has 1 fully saturated rings. The van der Waals surface area contributed by atoms with Crippen LogP contribution in [-0.4, -0.2) is 34.4 Å². The van der Waals surface area contributed by atoms with E-state index in [1.807, 2.05) is 0 Å². The Labute approximate surface area is 80.1 Å². The molecule has 2 N–H and O–H groups in total. The number of hydrogen-bond acceptors (Lipinski definition) is 3. The predicted octanol–water partition coefficient (Wildman–Crippen LogP) is 0.841. The number of hydrogen-bond donors (Lipinski definition) is 2. The molecule has 1 saturated heterocycles. The summed E-state index contributed by atoms with van der Waals surface area (Å²) in [5.41, 5.74) is -0.370. The van der Waals surface area contributed by atoms with Gasteiger partial charge in [0.05, 0.1) is 12.1 Å². The summed E-state index contributed by atoms with van der Waals surface area (Å²) in [6.45, 7) is 7.39. The van der Waals surface area contributed by atoms with Crippen LogP contribution in [0.2, 0.25) is 0 Å². The van der Waals surface area contributed by atoms with Crippen molar-refractivity contribution in [2.75, 3.05) is 13.1 Å². The molecule has 0 spiro atoms. The minimum Gasteiger partial charge on any atom is -0.314 e. The topological polar surface area (TPSA) is 35.5 Å². The minimum atomic E-state index is -0.354. The Kier molecular flexibility index (Phi) is 2.67. The molecule has 0 aromatic carbocycles. The summed E-state index contributed by atoms with van der Waals surface area (Å²) < 4.78 is 0. The van der Waals surface area contributed by atoms with Crippen molar-refractivity contribution >= 4 is 0 Å². The molecular weight excluding hydrogens is 164 g/mol. The van der Waals surface area contributed by atoms with Crippen molar-refractivity contribution in [3.8, 4) is 12.3 Å². The van der Waals surface area contributed by atoms with Crippen LogP contribution in [0, 0.1) is 12.3 Å². The van der Waals surface area contributed by atoms with Crippen LogP contribution in [0.25, 0.3) is 0 Å². The summed E-state index contributed by atoms with van der Waals surface area (Å²) >= 11 is 0. The third kappa shape index (κ3) is 2.70. The largest absolute Gasteiger partial charge is 0.314 e. The van der Waals surface area contributed by atoms with E-state index in [9.17, 15) is 5.21 Å². The van der Waals surface area contributed by atoms with Crippen molar-refractivity contribution in [3.05, 3.63) is 0 Å². The molecule has 1 atom stereocenters. The summed E-state index contributed by atoms with van der Waals surface area (Å²) in [6.07, 6.45) is 6.29. The van der Waals surface area contributed by atoms with Crippen LogP contribution in [0.15, 0.2) is 0 Å². The molecule has 0 aromatic heterocycles. The van der Waals surface area contributed by atoms with Gasteiger partial charge < -0.3 is 5.21 Å². The van der Waals surface area contributed by atoms with E-state index >= 15 is 0 Å². The van der Waals surface area contributed by atoms with Crippen LogP contribution < -0.4 is 5.32 Å². The van der Waals surface area contributed by atoms with Gasteiger partial charge in [-0.05, 0) is 27.2 Å². The molecule has 13 heavy (non-hydrogen) atoms. The van der Waals surface area contributed by atoms with Crippen molar-refractivity contribution in [2.45, 2.75) is 38.3 Å². The zero-order valence-electron chi connectivity index (χ0n) is 8.59. The van der Waals surface area contributed by atoms with E-state index in [0.717, 1.165) is 6.42 Å². The van der Waals surface area contributed by atoms with E-state index in [1.165, 1.54) is 5.06 Å². The lowest BCUT2D eigenvalue weighted by atomic mass is 9.95. The second kappa shape index (κ2) is 3.30. The van der Waals surface area contributed by atoms with E-state index in [1.54, 1.807) is 0 Å². The van der Waals surface area contributed by atoms with Crippen LogP contribution in [0.3, 0.4) is 0 Å². The monoisotopic (exact) mass is 182 g/mol. The molecule has 3 nitrogen and oxygen atoms in total. The minimum absolute atomic E-state index is 0.0163. The maximum atomic E-state index is 9.29. The van der Waals surface area contributed by atoms with Gasteiger partial charge in [-0.3, -0.25) is 5.32 Å². The highest BCUT2D eigenvalue weighted by Crippen LogP contribution is 2.22. The van der Waals surface area contributed by atoms with E-state index in [4.69, 9.17) is 6.42 Å². The number of hydroxylamine groups is 2. The summed E-state index contributed by atoms with van der Waals surface area (Å²) in [5.74, 6) is 2.75. The molecule has 0 aromatic rings. The van der Waals surface area contributed by atoms with Gasteiger partial charge >= 0.3 is 0 Å². The Morgan fingerprint density at radius 2 is 2.15 bits per heavy atom. The zero-order chi connectivity index (χ0) is 10.1. The summed E-state index contributed by atoms with van der Waals surface area (Å²) in [5, 5.41) is 13.9. The first-order valence-corrected chi connectivity index (χ1v) is 4.58. The normalized spacial score (nSPS) is 30.4. The summed E-state index contributed by atoms with van der Waals surface area (Å²) in [4.78, 5) is 0. The van der Waals surface area contributed by atoms with Crippen LogP contribution >= 0.6 is 0 Å². The lowest BCUT2D eigenvalue weighted by molar-refractivity contribution is -0.0724. The van der Waals surface area contributed by atoms with Gasteiger partial charge in [-0.1, -0.05) is 5.92 Å². The van der Waals surface area contributed by atoms with Crippen LogP contribution in [0.1, 0.15) is 27.2 Å². The standard InChI is InChI=1S/C10H18N2O/c1-5-10(11-9(2,3)4)6-7-12(13)8-10/h1,11,13H,6-8H2,2-4H3. The Hall–Kier alpha value is -0.560. The van der Waals surface area contributed by atoms with Gasteiger partial charge in [0.2, 0.25) is 0 Å². The van der Waals surface area contributed by atoms with Gasteiger partial charge in [0.15, 0.2) is 0 Å². The number of nitrogens with zero attached hydrogens (tertiary/aromatic N) is 1. The van der Waals surface area contributed by atoms with E-state index in [-0.39, 0.29) is 11.1 Å². The first kappa shape index (κ1) is 10.5. The Balaban J connectivity index is 2.68. The fraction of sp³-hybridized carbons (Fsp3) is 0.800. The lowest BCUT2D eigenvalue weighted by Gasteiger charge is -2.33. The third-order valence-corrected chi connectivity index (χ3v) is 2.14. The molecule has 1 aliphatic heterocycles. The molecule has 0 saturated carbocycles. The van der Waals surface area contributed by atoms with Gasteiger partial charge in [-0.2, -0.15) is 5.06 Å². The van der Waals surface area contributed by atoms with Crippen molar-refractivity contribution < 1.29 is 5.21 Å². The Morgan fingerprint density at radius 3 is 2.46 bits per heavy atom. The molecule has 74 valence electrons. The van der Waals surface area contributed by atoms with E-state index in [0.29, 0.717) is 13.1 Å². The Bertz CT molecular complexity index is 226. The second-order valence-electron chi connectivity index (χ2n) is 4.74. The molecule has 1 unspecified atom stereocenters. The lowest BCUT2D eigenvalue weighted by Crippen LogP contribution is -2.54. The highest BCUT2D eigenvalue weighted by Gasteiger charge is 2.38. The SMILES string of the molecule is C#CC1(NC(C)(C)C)CCN(O)C1. The van der Waals surface area contributed by atoms with E-state index < -0.39 is 0 Å².